The molecule has 0 aromatic rings. The Hall–Kier alpha value is 0.350. The van der Waals surface area contributed by atoms with Gasteiger partial charge in [0.1, 0.15) is 0 Å². The molecule has 1 rings (SSSR count). The first kappa shape index (κ1) is 14.4. The van der Waals surface area contributed by atoms with Crippen LogP contribution in [0.3, 0.4) is 0 Å². The molecule has 0 aromatic carbocycles. The summed E-state index contributed by atoms with van der Waals surface area (Å²) in [5.41, 5.74) is 0. The molecular formula is C15H29S. The van der Waals surface area contributed by atoms with E-state index in [-0.39, 0.29) is 0 Å². The van der Waals surface area contributed by atoms with Gasteiger partial charge in [0.15, 0.2) is 0 Å². The summed E-state index contributed by atoms with van der Waals surface area (Å²) in [6, 6.07) is 0. The van der Waals surface area contributed by atoms with Crippen LogP contribution in [0.2, 0.25) is 0 Å². The number of hydrogen-bond acceptors (Lipinski definition) is 1. The van der Waals surface area contributed by atoms with E-state index in [4.69, 9.17) is 0 Å². The Kier molecular flexibility index (Phi) is 6.87. The van der Waals surface area contributed by atoms with E-state index in [0.717, 1.165) is 0 Å². The van der Waals surface area contributed by atoms with Gasteiger partial charge >= 0.3 is 0 Å². The van der Waals surface area contributed by atoms with E-state index < -0.39 is 0 Å². The lowest BCUT2D eigenvalue weighted by Crippen LogP contribution is -2.12. The van der Waals surface area contributed by atoms with Crippen molar-refractivity contribution in [2.75, 3.05) is 5.75 Å². The molecule has 0 amide bonds. The summed E-state index contributed by atoms with van der Waals surface area (Å²) in [7, 11) is 0. The van der Waals surface area contributed by atoms with Crippen molar-refractivity contribution in [2.45, 2.75) is 83.3 Å². The van der Waals surface area contributed by atoms with E-state index in [1.807, 2.05) is 5.92 Å². The van der Waals surface area contributed by atoms with Crippen LogP contribution in [-0.4, -0.2) is 10.5 Å². The Morgan fingerprint density at radius 2 is 1.25 bits per heavy atom. The van der Waals surface area contributed by atoms with E-state index in [9.17, 15) is 0 Å². The summed E-state index contributed by atoms with van der Waals surface area (Å²) >= 11 is 2.13. The van der Waals surface area contributed by atoms with Crippen LogP contribution >= 0.6 is 11.8 Å². The predicted octanol–water partition coefficient (Wildman–Crippen LogP) is 5.62. The van der Waals surface area contributed by atoms with Crippen LogP contribution in [0.25, 0.3) is 0 Å². The second kappa shape index (κ2) is 7.63. The highest BCUT2D eigenvalue weighted by molar-refractivity contribution is 8.00. The van der Waals surface area contributed by atoms with Crippen molar-refractivity contribution in [3.05, 3.63) is 5.92 Å². The van der Waals surface area contributed by atoms with Gasteiger partial charge in [-0.15, -0.1) is 0 Å². The maximum atomic E-state index is 2.33. The summed E-state index contributed by atoms with van der Waals surface area (Å²) in [4.78, 5) is 0. The highest BCUT2D eigenvalue weighted by Gasteiger charge is 2.16. The smallest absolute Gasteiger partial charge is 0.00753 e. The van der Waals surface area contributed by atoms with Crippen LogP contribution in [0.15, 0.2) is 0 Å². The van der Waals surface area contributed by atoms with Gasteiger partial charge in [-0.05, 0) is 18.8 Å². The minimum Gasteiger partial charge on any atom is -0.155 e. The molecule has 1 heteroatoms. The summed E-state index contributed by atoms with van der Waals surface area (Å²) in [5, 5.41) is 0. The maximum absolute atomic E-state index is 2.33. The minimum absolute atomic E-state index is 0.433. The number of hydrogen-bond donors (Lipinski definition) is 0. The molecule has 16 heavy (non-hydrogen) atoms. The molecule has 0 aromatic heterocycles. The molecule has 0 atom stereocenters. The summed E-state index contributed by atoms with van der Waals surface area (Å²) in [5.74, 6) is 3.14. The van der Waals surface area contributed by atoms with Gasteiger partial charge in [0.05, 0.1) is 0 Å². The quantitative estimate of drug-likeness (QED) is 0.605. The fraction of sp³-hybridized carbons (Fsp3) is 0.933. The molecule has 0 unspecified atom stereocenters. The molecule has 0 saturated heterocycles. The lowest BCUT2D eigenvalue weighted by molar-refractivity contribution is 0.525. The molecule has 1 fully saturated rings. The van der Waals surface area contributed by atoms with Crippen LogP contribution in [0.4, 0.5) is 0 Å². The van der Waals surface area contributed by atoms with E-state index in [1.54, 1.807) is 0 Å². The third-order valence-corrected chi connectivity index (χ3v) is 4.69. The third kappa shape index (κ3) is 7.60. The molecule has 0 aliphatic heterocycles. The molecule has 1 saturated carbocycles. The zero-order valence-electron chi connectivity index (χ0n) is 11.5. The van der Waals surface area contributed by atoms with Gasteiger partial charge in [-0.25, -0.2) is 0 Å². The molecule has 0 spiro atoms. The van der Waals surface area contributed by atoms with Crippen molar-refractivity contribution in [3.8, 4) is 0 Å². The first-order valence-electron chi connectivity index (χ1n) is 7.05. The van der Waals surface area contributed by atoms with Crippen LogP contribution in [-0.2, 0) is 0 Å². The van der Waals surface area contributed by atoms with E-state index >= 15 is 0 Å². The van der Waals surface area contributed by atoms with E-state index in [0.29, 0.717) is 4.75 Å². The first-order chi connectivity index (χ1) is 7.58. The van der Waals surface area contributed by atoms with Gasteiger partial charge in [-0.1, -0.05) is 65.7 Å². The Balaban J connectivity index is 2.25. The highest BCUT2D eigenvalue weighted by Crippen LogP contribution is 2.31. The van der Waals surface area contributed by atoms with Crippen molar-refractivity contribution >= 4 is 11.8 Å². The van der Waals surface area contributed by atoms with Crippen LogP contribution < -0.4 is 0 Å². The maximum Gasteiger partial charge on any atom is 0.00753 e. The topological polar surface area (TPSA) is 0 Å². The van der Waals surface area contributed by atoms with Gasteiger partial charge in [0, 0.05) is 10.5 Å². The predicted molar refractivity (Wildman–Crippen MR) is 77.0 cm³/mol. The largest absolute Gasteiger partial charge is 0.155 e. The second-order valence-corrected chi connectivity index (χ2v) is 7.93. The van der Waals surface area contributed by atoms with Gasteiger partial charge in [0.25, 0.3) is 0 Å². The fourth-order valence-corrected chi connectivity index (χ4v) is 3.15. The molecular weight excluding hydrogens is 212 g/mol. The van der Waals surface area contributed by atoms with Gasteiger partial charge in [-0.3, -0.25) is 0 Å². The second-order valence-electron chi connectivity index (χ2n) is 6.13. The molecule has 1 radical (unpaired) electrons. The molecule has 0 bridgehead atoms. The van der Waals surface area contributed by atoms with Crippen LogP contribution in [0.5, 0.6) is 0 Å². The average molecular weight is 241 g/mol. The molecule has 1 aliphatic rings. The van der Waals surface area contributed by atoms with Crippen molar-refractivity contribution in [1.82, 2.24) is 0 Å². The Bertz CT molecular complexity index is 159. The van der Waals surface area contributed by atoms with Crippen molar-refractivity contribution in [2.24, 2.45) is 0 Å². The van der Waals surface area contributed by atoms with Crippen molar-refractivity contribution < 1.29 is 0 Å². The van der Waals surface area contributed by atoms with Gasteiger partial charge in [-0.2, -0.15) is 11.8 Å². The lowest BCUT2D eigenvalue weighted by atomic mass is 9.94. The fourth-order valence-electron chi connectivity index (χ4n) is 2.22. The standard InChI is InChI=1S/C15H29S/c1-15(2,3)16-13-14-11-9-7-5-4-6-8-10-12-14/h4-13H2,1-3H3. The van der Waals surface area contributed by atoms with Gasteiger partial charge < -0.3 is 0 Å². The zero-order valence-corrected chi connectivity index (χ0v) is 12.3. The van der Waals surface area contributed by atoms with Gasteiger partial charge in [0.2, 0.25) is 0 Å². The molecule has 1 aliphatic carbocycles. The molecule has 95 valence electrons. The molecule has 0 nitrogen and oxygen atoms in total. The normalized spacial score (nSPS) is 21.9. The number of rotatable bonds is 2. The van der Waals surface area contributed by atoms with Crippen LogP contribution in [0, 0.1) is 5.92 Å². The van der Waals surface area contributed by atoms with Crippen LogP contribution in [0.1, 0.15) is 78.6 Å². The summed E-state index contributed by atoms with van der Waals surface area (Å²) in [6.45, 7) is 7.00. The lowest BCUT2D eigenvalue weighted by Gasteiger charge is -2.23. The number of thioether (sulfide) groups is 1. The third-order valence-electron chi connectivity index (χ3n) is 3.27. The minimum atomic E-state index is 0.433. The molecule has 0 N–H and O–H groups in total. The monoisotopic (exact) mass is 241 g/mol. The van der Waals surface area contributed by atoms with E-state index in [1.165, 1.54) is 63.5 Å². The average Bonchev–Trinajstić information content (AvgIpc) is 2.22. The Morgan fingerprint density at radius 3 is 1.69 bits per heavy atom. The summed E-state index contributed by atoms with van der Waals surface area (Å²) in [6.07, 6.45) is 13.0. The summed E-state index contributed by atoms with van der Waals surface area (Å²) < 4.78 is 0.433. The SMILES string of the molecule is CC(C)(C)SC[C]1CCCCCCCCC1. The van der Waals surface area contributed by atoms with Crippen molar-refractivity contribution in [3.63, 3.8) is 0 Å². The highest BCUT2D eigenvalue weighted by atomic mass is 32.2. The zero-order chi connectivity index (χ0) is 11.9. The van der Waals surface area contributed by atoms with E-state index in [2.05, 4.69) is 32.5 Å². The van der Waals surface area contributed by atoms with Crippen molar-refractivity contribution in [1.29, 1.82) is 0 Å². The Labute approximate surface area is 107 Å². The first-order valence-corrected chi connectivity index (χ1v) is 8.04. The molecule has 0 heterocycles. The Morgan fingerprint density at radius 1 is 0.812 bits per heavy atom.